The highest BCUT2D eigenvalue weighted by molar-refractivity contribution is 9.10. The van der Waals surface area contributed by atoms with E-state index in [9.17, 15) is 4.79 Å². The Balaban J connectivity index is 2.99. The number of rotatable bonds is 1. The molecule has 66 valence electrons. The quantitative estimate of drug-likeness (QED) is 0.703. The number of halogens is 1. The lowest BCUT2D eigenvalue weighted by atomic mass is 9.87. The summed E-state index contributed by atoms with van der Waals surface area (Å²) in [7, 11) is 0. The summed E-state index contributed by atoms with van der Waals surface area (Å²) in [5.41, 5.74) is 1.11. The number of allylic oxidation sites excluding steroid dienone is 3. The lowest BCUT2D eigenvalue weighted by Crippen LogP contribution is -2.37. The number of hydrogen-bond acceptors (Lipinski definition) is 1. The second kappa shape index (κ2) is 3.05. The largest absolute Gasteiger partial charge is 0.480 e. The Morgan fingerprint density at radius 2 is 2.33 bits per heavy atom. The molecule has 0 saturated heterocycles. The van der Waals surface area contributed by atoms with Crippen molar-refractivity contribution in [3.63, 3.8) is 0 Å². The fourth-order valence-corrected chi connectivity index (χ4v) is 1.51. The van der Waals surface area contributed by atoms with Gasteiger partial charge in [0.05, 0.1) is 0 Å². The summed E-state index contributed by atoms with van der Waals surface area (Å²) in [5.74, 6) is -0.852. The molecule has 0 aliphatic heterocycles. The molecule has 1 N–H and O–H groups in total. The van der Waals surface area contributed by atoms with E-state index in [1.54, 1.807) is 6.08 Å². The fraction of sp³-hybridized carbons (Fsp3) is 0.444. The zero-order chi connectivity index (χ0) is 9.35. The van der Waals surface area contributed by atoms with Gasteiger partial charge in [-0.1, -0.05) is 46.7 Å². The van der Waals surface area contributed by atoms with E-state index in [4.69, 9.17) is 5.11 Å². The van der Waals surface area contributed by atoms with Gasteiger partial charge in [-0.15, -0.1) is 0 Å². The van der Waals surface area contributed by atoms with Gasteiger partial charge in [-0.25, -0.2) is 0 Å². The predicted octanol–water partition coefficient (Wildman–Crippen LogP) is 2.36. The van der Waals surface area contributed by atoms with Crippen molar-refractivity contribution in [1.29, 1.82) is 0 Å². The first-order valence-corrected chi connectivity index (χ1v) is 4.56. The third-order valence-corrected chi connectivity index (χ3v) is 3.42. The van der Waals surface area contributed by atoms with Crippen LogP contribution in [0.3, 0.4) is 0 Å². The molecule has 0 fully saturated rings. The van der Waals surface area contributed by atoms with Crippen LogP contribution in [0.1, 0.15) is 13.8 Å². The van der Waals surface area contributed by atoms with E-state index in [0.717, 1.165) is 5.57 Å². The van der Waals surface area contributed by atoms with Crippen LogP contribution in [0.4, 0.5) is 0 Å². The number of alkyl halides is 1. The van der Waals surface area contributed by atoms with Gasteiger partial charge in [-0.05, 0) is 6.92 Å². The van der Waals surface area contributed by atoms with Gasteiger partial charge in [0, 0.05) is 5.92 Å². The van der Waals surface area contributed by atoms with Crippen molar-refractivity contribution >= 4 is 21.9 Å². The summed E-state index contributed by atoms with van der Waals surface area (Å²) in [6.07, 6.45) is 5.46. The Kier molecular flexibility index (Phi) is 2.42. The van der Waals surface area contributed by atoms with E-state index < -0.39 is 10.3 Å². The first-order chi connectivity index (χ1) is 5.47. The highest BCUT2D eigenvalue weighted by Gasteiger charge is 2.39. The third-order valence-electron chi connectivity index (χ3n) is 2.09. The van der Waals surface area contributed by atoms with Crippen molar-refractivity contribution in [2.75, 3.05) is 0 Å². The Bertz CT molecular complexity index is 268. The van der Waals surface area contributed by atoms with Crippen molar-refractivity contribution < 1.29 is 9.90 Å². The molecule has 12 heavy (non-hydrogen) atoms. The van der Waals surface area contributed by atoms with Gasteiger partial charge in [0.1, 0.15) is 4.32 Å². The average Bonchev–Trinajstić information content (AvgIpc) is 1.97. The maximum atomic E-state index is 10.9. The van der Waals surface area contributed by atoms with Gasteiger partial charge in [-0.2, -0.15) is 0 Å². The molecule has 0 aromatic heterocycles. The molecule has 2 atom stereocenters. The maximum Gasteiger partial charge on any atom is 0.324 e. The molecular weight excluding hydrogens is 220 g/mol. The molecule has 0 heterocycles. The van der Waals surface area contributed by atoms with Gasteiger partial charge in [0.15, 0.2) is 0 Å². The van der Waals surface area contributed by atoms with Crippen molar-refractivity contribution in [3.8, 4) is 0 Å². The van der Waals surface area contributed by atoms with E-state index in [2.05, 4.69) is 15.9 Å². The fourth-order valence-electron chi connectivity index (χ4n) is 1.24. The smallest absolute Gasteiger partial charge is 0.324 e. The van der Waals surface area contributed by atoms with Crippen LogP contribution in [0.2, 0.25) is 0 Å². The Morgan fingerprint density at radius 3 is 2.75 bits per heavy atom. The van der Waals surface area contributed by atoms with Gasteiger partial charge in [0.2, 0.25) is 0 Å². The summed E-state index contributed by atoms with van der Waals surface area (Å²) in [6, 6.07) is 0. The molecule has 0 saturated carbocycles. The lowest BCUT2D eigenvalue weighted by Gasteiger charge is -2.27. The number of carboxylic acid groups (broad SMARTS) is 1. The van der Waals surface area contributed by atoms with Gasteiger partial charge >= 0.3 is 5.97 Å². The molecule has 0 amide bonds. The highest BCUT2D eigenvalue weighted by atomic mass is 79.9. The Hall–Kier alpha value is -0.570. The van der Waals surface area contributed by atoms with Crippen molar-refractivity contribution in [2.45, 2.75) is 18.2 Å². The van der Waals surface area contributed by atoms with E-state index in [-0.39, 0.29) is 5.92 Å². The number of carboxylic acids is 1. The second-order valence-electron chi connectivity index (χ2n) is 3.11. The molecule has 3 heteroatoms. The van der Waals surface area contributed by atoms with Crippen LogP contribution in [0.5, 0.6) is 0 Å². The first kappa shape index (κ1) is 9.52. The highest BCUT2D eigenvalue weighted by Crippen LogP contribution is 2.34. The van der Waals surface area contributed by atoms with Crippen LogP contribution in [0, 0.1) is 5.92 Å². The van der Waals surface area contributed by atoms with E-state index in [0.29, 0.717) is 0 Å². The van der Waals surface area contributed by atoms with Crippen LogP contribution in [-0.4, -0.2) is 15.4 Å². The van der Waals surface area contributed by atoms with Gasteiger partial charge in [0.25, 0.3) is 0 Å². The lowest BCUT2D eigenvalue weighted by molar-refractivity contribution is -0.139. The average molecular weight is 231 g/mol. The molecule has 0 aromatic carbocycles. The molecule has 0 aromatic rings. The summed E-state index contributed by atoms with van der Waals surface area (Å²) >= 11 is 3.22. The minimum absolute atomic E-state index is 0.0139. The molecule has 1 rings (SSSR count). The SMILES string of the molecule is CC1=CC(C)C(Br)(C(=O)O)C=C1. The molecule has 0 spiro atoms. The van der Waals surface area contributed by atoms with Crippen LogP contribution < -0.4 is 0 Å². The number of aliphatic carboxylic acids is 1. The molecule has 0 radical (unpaired) electrons. The van der Waals surface area contributed by atoms with E-state index >= 15 is 0 Å². The first-order valence-electron chi connectivity index (χ1n) is 3.77. The molecule has 1 aliphatic carbocycles. The number of hydrogen-bond donors (Lipinski definition) is 1. The topological polar surface area (TPSA) is 37.3 Å². The van der Waals surface area contributed by atoms with Crippen molar-refractivity contribution in [2.24, 2.45) is 5.92 Å². The van der Waals surface area contributed by atoms with Crippen molar-refractivity contribution in [3.05, 3.63) is 23.8 Å². The van der Waals surface area contributed by atoms with Crippen LogP contribution in [0.25, 0.3) is 0 Å². The van der Waals surface area contributed by atoms with Crippen LogP contribution in [0.15, 0.2) is 23.8 Å². The minimum atomic E-state index is -0.910. The zero-order valence-corrected chi connectivity index (χ0v) is 8.63. The standard InChI is InChI=1S/C9H11BrO2/c1-6-3-4-9(10,8(11)12)7(2)5-6/h3-5,7H,1-2H3,(H,11,12). The Morgan fingerprint density at radius 1 is 1.75 bits per heavy atom. The maximum absolute atomic E-state index is 10.9. The summed E-state index contributed by atoms with van der Waals surface area (Å²) < 4.78 is -0.910. The molecular formula is C9H11BrO2. The predicted molar refractivity (Wildman–Crippen MR) is 51.4 cm³/mol. The van der Waals surface area contributed by atoms with E-state index in [1.807, 2.05) is 26.0 Å². The van der Waals surface area contributed by atoms with Crippen LogP contribution >= 0.6 is 15.9 Å². The van der Waals surface area contributed by atoms with Gasteiger partial charge < -0.3 is 5.11 Å². The summed E-state index contributed by atoms with van der Waals surface area (Å²) in [4.78, 5) is 10.9. The summed E-state index contributed by atoms with van der Waals surface area (Å²) in [6.45, 7) is 3.84. The monoisotopic (exact) mass is 230 g/mol. The zero-order valence-electron chi connectivity index (χ0n) is 7.04. The normalized spacial score (nSPS) is 34.6. The minimum Gasteiger partial charge on any atom is -0.480 e. The second-order valence-corrected chi connectivity index (χ2v) is 4.42. The Labute approximate surface area is 80.1 Å². The third kappa shape index (κ3) is 1.46. The number of carbonyl (C=O) groups is 1. The summed E-state index contributed by atoms with van der Waals surface area (Å²) in [5, 5.41) is 8.93. The molecule has 1 aliphatic rings. The molecule has 0 bridgehead atoms. The van der Waals surface area contributed by atoms with Crippen molar-refractivity contribution in [1.82, 2.24) is 0 Å². The molecule has 2 nitrogen and oxygen atoms in total. The van der Waals surface area contributed by atoms with Crippen LogP contribution in [-0.2, 0) is 4.79 Å². The molecule has 2 unspecified atom stereocenters. The van der Waals surface area contributed by atoms with Gasteiger partial charge in [-0.3, -0.25) is 4.79 Å². The van der Waals surface area contributed by atoms with E-state index in [1.165, 1.54) is 0 Å².